The molecule has 1 atom stereocenters. The Hall–Kier alpha value is -0.400. The zero-order valence-electron chi connectivity index (χ0n) is 6.25. The predicted octanol–water partition coefficient (Wildman–Crippen LogP) is 3.33. The lowest BCUT2D eigenvalue weighted by Crippen LogP contribution is -1.90. The third kappa shape index (κ3) is 2.01. The Balaban J connectivity index is 3.12. The average Bonchev–Trinajstić information content (AvgIpc) is 2.04. The standard InChI is InChI=1S/C9H9ClS/c1-7(10)9-5-3-2-4-8(9)6-11/h2-7H,1H3. The number of alkyl halides is 1. The molecule has 0 heterocycles. The highest BCUT2D eigenvalue weighted by Crippen LogP contribution is 2.21. The van der Waals surface area contributed by atoms with Crippen LogP contribution in [-0.4, -0.2) is 5.37 Å². The third-order valence-electron chi connectivity index (χ3n) is 1.55. The molecule has 0 spiro atoms. The molecule has 0 aliphatic rings. The molecular formula is C9H9ClS. The quantitative estimate of drug-likeness (QED) is 0.502. The highest BCUT2D eigenvalue weighted by Gasteiger charge is 2.03. The summed E-state index contributed by atoms with van der Waals surface area (Å²) in [4.78, 5) is 0. The van der Waals surface area contributed by atoms with Gasteiger partial charge in [0.2, 0.25) is 0 Å². The highest BCUT2D eigenvalue weighted by atomic mass is 35.5. The van der Waals surface area contributed by atoms with E-state index in [4.69, 9.17) is 23.8 Å². The van der Waals surface area contributed by atoms with Crippen molar-refractivity contribution in [1.29, 1.82) is 0 Å². The van der Waals surface area contributed by atoms with E-state index < -0.39 is 0 Å². The molecule has 1 unspecified atom stereocenters. The van der Waals surface area contributed by atoms with Gasteiger partial charge in [-0.2, -0.15) is 0 Å². The molecule has 0 radical (unpaired) electrons. The van der Waals surface area contributed by atoms with Crippen molar-refractivity contribution in [1.82, 2.24) is 0 Å². The second-order valence-electron chi connectivity index (χ2n) is 2.36. The Labute approximate surface area is 77.2 Å². The summed E-state index contributed by atoms with van der Waals surface area (Å²) in [6.45, 7) is 1.94. The summed E-state index contributed by atoms with van der Waals surface area (Å²) < 4.78 is 0. The van der Waals surface area contributed by atoms with Crippen LogP contribution in [-0.2, 0) is 0 Å². The summed E-state index contributed by atoms with van der Waals surface area (Å²) in [6, 6.07) is 7.90. The van der Waals surface area contributed by atoms with Crippen LogP contribution < -0.4 is 0 Å². The molecule has 0 fully saturated rings. The van der Waals surface area contributed by atoms with Gasteiger partial charge >= 0.3 is 0 Å². The van der Waals surface area contributed by atoms with Gasteiger partial charge in [-0.15, -0.1) is 11.6 Å². The normalized spacial score (nSPS) is 12.5. The van der Waals surface area contributed by atoms with Crippen LogP contribution in [0.5, 0.6) is 0 Å². The summed E-state index contributed by atoms with van der Waals surface area (Å²) in [7, 11) is 0. The number of thiocarbonyl (C=S) groups is 1. The molecule has 58 valence electrons. The first-order valence-corrected chi connectivity index (χ1v) is 4.34. The Morgan fingerprint density at radius 3 is 2.55 bits per heavy atom. The molecule has 0 aliphatic heterocycles. The van der Waals surface area contributed by atoms with Crippen molar-refractivity contribution in [2.75, 3.05) is 0 Å². The maximum Gasteiger partial charge on any atom is 0.0563 e. The largest absolute Gasteiger partial charge is 0.118 e. The van der Waals surface area contributed by atoms with Crippen LogP contribution in [0.1, 0.15) is 23.4 Å². The second kappa shape index (κ2) is 3.84. The smallest absolute Gasteiger partial charge is 0.0563 e. The van der Waals surface area contributed by atoms with Gasteiger partial charge in [0.25, 0.3) is 0 Å². The first-order valence-electron chi connectivity index (χ1n) is 3.44. The van der Waals surface area contributed by atoms with Gasteiger partial charge < -0.3 is 0 Å². The second-order valence-corrected chi connectivity index (χ2v) is 3.25. The van der Waals surface area contributed by atoms with Crippen molar-refractivity contribution in [3.8, 4) is 0 Å². The molecule has 0 saturated heterocycles. The molecule has 1 aromatic carbocycles. The summed E-state index contributed by atoms with van der Waals surface area (Å²) in [5.41, 5.74) is 2.15. The van der Waals surface area contributed by atoms with E-state index in [0.29, 0.717) is 0 Å². The van der Waals surface area contributed by atoms with Crippen LogP contribution in [0.25, 0.3) is 0 Å². The van der Waals surface area contributed by atoms with E-state index in [1.54, 1.807) is 5.37 Å². The van der Waals surface area contributed by atoms with E-state index >= 15 is 0 Å². The lowest BCUT2D eigenvalue weighted by Gasteiger charge is -2.05. The topological polar surface area (TPSA) is 0 Å². The molecule has 0 nitrogen and oxygen atoms in total. The summed E-state index contributed by atoms with van der Waals surface area (Å²) in [6.07, 6.45) is 0. The molecule has 1 aromatic rings. The van der Waals surface area contributed by atoms with E-state index in [-0.39, 0.29) is 5.38 Å². The maximum atomic E-state index is 5.92. The van der Waals surface area contributed by atoms with E-state index in [0.717, 1.165) is 11.1 Å². The number of hydrogen-bond acceptors (Lipinski definition) is 1. The Bertz CT molecular complexity index is 255. The van der Waals surface area contributed by atoms with Crippen LogP contribution in [0.3, 0.4) is 0 Å². The van der Waals surface area contributed by atoms with Crippen LogP contribution in [0.15, 0.2) is 24.3 Å². The molecule has 0 amide bonds. The number of hydrogen-bond donors (Lipinski definition) is 0. The van der Waals surface area contributed by atoms with Crippen molar-refractivity contribution in [2.45, 2.75) is 12.3 Å². The monoisotopic (exact) mass is 184 g/mol. The van der Waals surface area contributed by atoms with Gasteiger partial charge in [-0.3, -0.25) is 0 Å². The van der Waals surface area contributed by atoms with Crippen molar-refractivity contribution in [3.63, 3.8) is 0 Å². The van der Waals surface area contributed by atoms with Crippen molar-refractivity contribution in [2.24, 2.45) is 0 Å². The summed E-state index contributed by atoms with van der Waals surface area (Å²) in [5.74, 6) is 0. The first-order chi connectivity index (χ1) is 5.25. The van der Waals surface area contributed by atoms with E-state index in [9.17, 15) is 0 Å². The van der Waals surface area contributed by atoms with E-state index in [1.165, 1.54) is 0 Å². The van der Waals surface area contributed by atoms with Gasteiger partial charge in [0, 0.05) is 5.37 Å². The lowest BCUT2D eigenvalue weighted by atomic mass is 10.1. The van der Waals surface area contributed by atoms with Crippen molar-refractivity contribution in [3.05, 3.63) is 35.4 Å². The molecule has 0 aliphatic carbocycles. The minimum Gasteiger partial charge on any atom is -0.118 e. The zero-order valence-corrected chi connectivity index (χ0v) is 7.82. The van der Waals surface area contributed by atoms with Gasteiger partial charge in [-0.05, 0) is 18.1 Å². The highest BCUT2D eigenvalue weighted by molar-refractivity contribution is 7.79. The SMILES string of the molecule is CC(Cl)c1ccccc1C=S. The Kier molecular flexibility index (Phi) is 3.03. The summed E-state index contributed by atoms with van der Waals surface area (Å²) >= 11 is 10.8. The lowest BCUT2D eigenvalue weighted by molar-refractivity contribution is 1.08. The van der Waals surface area contributed by atoms with Crippen LogP contribution in [0.2, 0.25) is 0 Å². The molecule has 0 saturated carbocycles. The van der Waals surface area contributed by atoms with Gasteiger partial charge in [0.1, 0.15) is 0 Å². The number of rotatable bonds is 2. The molecule has 0 aromatic heterocycles. The Morgan fingerprint density at radius 2 is 2.09 bits per heavy atom. The van der Waals surface area contributed by atoms with E-state index in [1.807, 2.05) is 31.2 Å². The number of benzene rings is 1. The molecule has 0 N–H and O–H groups in total. The third-order valence-corrected chi connectivity index (χ3v) is 2.04. The van der Waals surface area contributed by atoms with Crippen molar-refractivity contribution < 1.29 is 0 Å². The number of halogens is 1. The fourth-order valence-electron chi connectivity index (χ4n) is 0.980. The fraction of sp³-hybridized carbons (Fsp3) is 0.222. The first kappa shape index (κ1) is 8.69. The molecular weight excluding hydrogens is 176 g/mol. The molecule has 2 heteroatoms. The zero-order chi connectivity index (χ0) is 8.27. The Morgan fingerprint density at radius 1 is 1.45 bits per heavy atom. The average molecular weight is 185 g/mol. The van der Waals surface area contributed by atoms with Gasteiger partial charge in [0.15, 0.2) is 0 Å². The van der Waals surface area contributed by atoms with Crippen LogP contribution in [0, 0.1) is 0 Å². The predicted molar refractivity (Wildman–Crippen MR) is 53.5 cm³/mol. The van der Waals surface area contributed by atoms with E-state index in [2.05, 4.69) is 0 Å². The van der Waals surface area contributed by atoms with Gasteiger partial charge in [-0.1, -0.05) is 36.5 Å². The molecule has 1 rings (SSSR count). The van der Waals surface area contributed by atoms with Gasteiger partial charge in [0.05, 0.1) is 5.38 Å². The fourth-order valence-corrected chi connectivity index (χ4v) is 1.39. The molecule has 0 bridgehead atoms. The maximum absolute atomic E-state index is 5.92. The molecule has 11 heavy (non-hydrogen) atoms. The van der Waals surface area contributed by atoms with Crippen LogP contribution >= 0.6 is 23.8 Å². The minimum absolute atomic E-state index is 0.0328. The summed E-state index contributed by atoms with van der Waals surface area (Å²) in [5, 5.41) is 1.69. The van der Waals surface area contributed by atoms with Gasteiger partial charge in [-0.25, -0.2) is 0 Å². The van der Waals surface area contributed by atoms with Crippen LogP contribution in [0.4, 0.5) is 0 Å². The van der Waals surface area contributed by atoms with Crippen molar-refractivity contribution >= 4 is 29.2 Å². The minimum atomic E-state index is 0.0328.